The van der Waals surface area contributed by atoms with E-state index in [9.17, 15) is 0 Å². The van der Waals surface area contributed by atoms with Crippen LogP contribution in [0.15, 0.2) is 9.81 Å². The van der Waals surface area contributed by atoms with Crippen molar-refractivity contribution < 1.29 is 0 Å². The van der Waals surface area contributed by atoms with Gasteiger partial charge in [-0.2, -0.15) is 0 Å². The van der Waals surface area contributed by atoms with Gasteiger partial charge >= 0.3 is 0 Å². The van der Waals surface area contributed by atoms with Crippen molar-refractivity contribution in [2.75, 3.05) is 34.4 Å². The zero-order chi connectivity index (χ0) is 11.3. The van der Waals surface area contributed by atoms with Crippen LogP contribution in [0.3, 0.4) is 0 Å². The molecule has 0 aromatic rings. The van der Waals surface area contributed by atoms with Gasteiger partial charge in [-0.05, 0) is 48.3 Å². The Morgan fingerprint density at radius 2 is 1.43 bits per heavy atom. The summed E-state index contributed by atoms with van der Waals surface area (Å²) in [4.78, 5) is 0. The van der Waals surface area contributed by atoms with Gasteiger partial charge in [0.15, 0.2) is 0 Å². The molecule has 0 aliphatic heterocycles. The van der Waals surface area contributed by atoms with Crippen LogP contribution in [-0.4, -0.2) is 43.8 Å². The number of hydrogen-bond donors (Lipinski definition) is 0. The largest absolute Gasteiger partial charge is 0.267 e. The summed E-state index contributed by atoms with van der Waals surface area (Å²) in [6.45, 7) is 4.36. The van der Waals surface area contributed by atoms with Crippen molar-refractivity contribution in [3.63, 3.8) is 0 Å². The molecule has 0 amide bonds. The van der Waals surface area contributed by atoms with Crippen molar-refractivity contribution in [3.8, 4) is 0 Å². The van der Waals surface area contributed by atoms with E-state index in [0.29, 0.717) is 0 Å². The molecular formula is C9H21N2PS2. The third-order valence-electron chi connectivity index (χ3n) is 1.44. The van der Waals surface area contributed by atoms with E-state index < -0.39 is 0 Å². The van der Waals surface area contributed by atoms with E-state index in [1.807, 2.05) is 23.1 Å². The highest BCUT2D eigenvalue weighted by atomic mass is 32.7. The van der Waals surface area contributed by atoms with Crippen molar-refractivity contribution in [2.24, 2.45) is 0 Å². The number of allylic oxidation sites excluding steroid dienone is 1. The van der Waals surface area contributed by atoms with Gasteiger partial charge in [0.2, 0.25) is 0 Å². The number of thioether (sulfide) groups is 1. The lowest BCUT2D eigenvalue weighted by atomic mass is 10.4. The Morgan fingerprint density at radius 3 is 1.64 bits per heavy atom. The maximum Gasteiger partial charge on any atom is 0.108 e. The molecule has 2 nitrogen and oxygen atoms in total. The topological polar surface area (TPSA) is 6.48 Å². The lowest BCUT2D eigenvalue weighted by molar-refractivity contribution is 0.591. The Morgan fingerprint density at radius 1 is 1.00 bits per heavy atom. The van der Waals surface area contributed by atoms with Gasteiger partial charge < -0.3 is 0 Å². The Kier molecular flexibility index (Phi) is 7.53. The van der Waals surface area contributed by atoms with Crippen LogP contribution >= 0.6 is 30.6 Å². The molecule has 0 radical (unpaired) electrons. The van der Waals surface area contributed by atoms with Gasteiger partial charge in [-0.3, -0.25) is 9.34 Å². The number of hydrogen-bond acceptors (Lipinski definition) is 4. The van der Waals surface area contributed by atoms with Crippen molar-refractivity contribution in [1.82, 2.24) is 9.34 Å². The average molecular weight is 252 g/mol. The van der Waals surface area contributed by atoms with Crippen molar-refractivity contribution >= 4 is 30.6 Å². The quantitative estimate of drug-likeness (QED) is 0.688. The molecule has 0 spiro atoms. The van der Waals surface area contributed by atoms with Gasteiger partial charge in [-0.15, -0.1) is 11.8 Å². The van der Waals surface area contributed by atoms with Crippen LogP contribution in [0.4, 0.5) is 0 Å². The summed E-state index contributed by atoms with van der Waals surface area (Å²) >= 11 is 3.82. The van der Waals surface area contributed by atoms with Gasteiger partial charge in [0.05, 0.1) is 0 Å². The SMILES string of the molecule is CSC(SP(N(C)C)N(C)C)=C(C)C. The van der Waals surface area contributed by atoms with Crippen LogP contribution in [0.2, 0.25) is 0 Å². The minimum absolute atomic E-state index is 0.252. The fraction of sp³-hybridized carbons (Fsp3) is 0.778. The predicted molar refractivity (Wildman–Crippen MR) is 73.8 cm³/mol. The lowest BCUT2D eigenvalue weighted by Gasteiger charge is -2.29. The number of nitrogens with zero attached hydrogens (tertiary/aromatic N) is 2. The summed E-state index contributed by atoms with van der Waals surface area (Å²) in [5, 5.41) is 0. The third kappa shape index (κ3) is 5.04. The summed E-state index contributed by atoms with van der Waals surface area (Å²) in [6.07, 6.45) is 2.15. The molecule has 0 unspecified atom stereocenters. The minimum atomic E-state index is -0.252. The fourth-order valence-electron chi connectivity index (χ4n) is 0.928. The Balaban J connectivity index is 4.51. The molecule has 0 heterocycles. The lowest BCUT2D eigenvalue weighted by Crippen LogP contribution is -2.14. The molecule has 0 fully saturated rings. The highest BCUT2D eigenvalue weighted by molar-refractivity contribution is 8.59. The molecule has 0 aromatic heterocycles. The van der Waals surface area contributed by atoms with E-state index in [1.165, 1.54) is 9.81 Å². The van der Waals surface area contributed by atoms with E-state index in [4.69, 9.17) is 0 Å². The predicted octanol–water partition coefficient (Wildman–Crippen LogP) is 3.68. The fourth-order valence-corrected chi connectivity index (χ4v) is 6.25. The monoisotopic (exact) mass is 252 g/mol. The summed E-state index contributed by atoms with van der Waals surface area (Å²) in [6, 6.07) is 0. The molecule has 0 aliphatic rings. The van der Waals surface area contributed by atoms with Gasteiger partial charge in [0, 0.05) is 4.24 Å². The molecule has 0 atom stereocenters. The van der Waals surface area contributed by atoms with Gasteiger partial charge in [-0.1, -0.05) is 17.0 Å². The second kappa shape index (κ2) is 7.13. The normalized spacial score (nSPS) is 11.6. The molecule has 0 bridgehead atoms. The summed E-state index contributed by atoms with van der Waals surface area (Å²) in [7, 11) is 8.31. The van der Waals surface area contributed by atoms with Crippen LogP contribution in [0.5, 0.6) is 0 Å². The first-order valence-corrected chi connectivity index (χ1v) is 8.33. The molecule has 5 heteroatoms. The molecule has 0 rings (SSSR count). The maximum atomic E-state index is 2.29. The zero-order valence-corrected chi connectivity index (χ0v) is 12.7. The smallest absolute Gasteiger partial charge is 0.108 e. The molecule has 0 saturated heterocycles. The molecule has 0 saturated carbocycles. The Hall–Kier alpha value is 0.790. The van der Waals surface area contributed by atoms with Crippen molar-refractivity contribution in [3.05, 3.63) is 9.81 Å². The summed E-state index contributed by atoms with van der Waals surface area (Å²) in [5.74, 6) is 0. The van der Waals surface area contributed by atoms with Crippen LogP contribution in [0, 0.1) is 0 Å². The second-order valence-electron chi connectivity index (χ2n) is 3.53. The molecular weight excluding hydrogens is 231 g/mol. The van der Waals surface area contributed by atoms with Crippen LogP contribution in [0.25, 0.3) is 0 Å². The highest BCUT2D eigenvalue weighted by Gasteiger charge is 2.17. The Labute approximate surface area is 98.1 Å². The van der Waals surface area contributed by atoms with Crippen molar-refractivity contribution in [1.29, 1.82) is 0 Å². The van der Waals surface area contributed by atoms with Gasteiger partial charge in [0.25, 0.3) is 0 Å². The van der Waals surface area contributed by atoms with E-state index >= 15 is 0 Å². The van der Waals surface area contributed by atoms with Gasteiger partial charge in [0.1, 0.15) is 7.42 Å². The summed E-state index contributed by atoms with van der Waals surface area (Å²) < 4.78 is 6.02. The molecule has 0 aromatic carbocycles. The first-order valence-electron chi connectivity index (χ1n) is 4.44. The first kappa shape index (κ1) is 14.8. The maximum absolute atomic E-state index is 2.29. The molecule has 14 heavy (non-hydrogen) atoms. The van der Waals surface area contributed by atoms with Crippen LogP contribution < -0.4 is 0 Å². The van der Waals surface area contributed by atoms with E-state index in [0.717, 1.165) is 0 Å². The molecule has 0 N–H and O–H groups in total. The molecule has 84 valence electrons. The number of rotatable bonds is 5. The standard InChI is InChI=1S/C9H21N2PS2/c1-8(2)9(13-7)14-12(10(3)4)11(5)6/h1-7H3. The Bertz CT molecular complexity index is 193. The molecule has 0 aliphatic carbocycles. The third-order valence-corrected chi connectivity index (χ3v) is 8.45. The minimum Gasteiger partial charge on any atom is -0.267 e. The second-order valence-corrected chi connectivity index (χ2v) is 8.83. The van der Waals surface area contributed by atoms with E-state index in [1.54, 1.807) is 0 Å². The zero-order valence-electron chi connectivity index (χ0n) is 10.2. The highest BCUT2D eigenvalue weighted by Crippen LogP contribution is 2.58. The van der Waals surface area contributed by atoms with Crippen molar-refractivity contribution in [2.45, 2.75) is 13.8 Å². The first-order chi connectivity index (χ1) is 6.40. The summed E-state index contributed by atoms with van der Waals surface area (Å²) in [5.41, 5.74) is 1.42. The van der Waals surface area contributed by atoms with E-state index in [-0.39, 0.29) is 7.42 Å². The van der Waals surface area contributed by atoms with Gasteiger partial charge in [-0.25, -0.2) is 0 Å². The van der Waals surface area contributed by atoms with Crippen LogP contribution in [0.1, 0.15) is 13.8 Å². The average Bonchev–Trinajstić information content (AvgIpc) is 2.03. The van der Waals surface area contributed by atoms with E-state index in [2.05, 4.69) is 57.6 Å². The van der Waals surface area contributed by atoms with Crippen LogP contribution in [-0.2, 0) is 0 Å².